The van der Waals surface area contributed by atoms with Crippen LogP contribution in [0, 0.1) is 5.82 Å². The van der Waals surface area contributed by atoms with Crippen LogP contribution < -0.4 is 15.6 Å². The van der Waals surface area contributed by atoms with Crippen molar-refractivity contribution < 1.29 is 9.13 Å². The van der Waals surface area contributed by atoms with Crippen molar-refractivity contribution in [2.75, 3.05) is 12.4 Å². The lowest BCUT2D eigenvalue weighted by molar-refractivity contribution is 0.415. The average molecular weight is 504 g/mol. The Hall–Kier alpha value is -5.24. The van der Waals surface area contributed by atoms with E-state index >= 15 is 4.39 Å². The summed E-state index contributed by atoms with van der Waals surface area (Å²) in [6, 6.07) is 28.5. The van der Waals surface area contributed by atoms with Gasteiger partial charge < -0.3 is 10.1 Å². The summed E-state index contributed by atoms with van der Waals surface area (Å²) in [6.45, 7) is 0. The fourth-order valence-corrected chi connectivity index (χ4v) is 4.47. The Morgan fingerprint density at radius 2 is 1.58 bits per heavy atom. The molecule has 3 heterocycles. The summed E-state index contributed by atoms with van der Waals surface area (Å²) in [5, 5.41) is 6.41. The maximum atomic E-state index is 15.2. The highest BCUT2D eigenvalue weighted by molar-refractivity contribution is 5.92. The van der Waals surface area contributed by atoms with Gasteiger partial charge in [0.2, 0.25) is 0 Å². The van der Waals surface area contributed by atoms with E-state index in [-0.39, 0.29) is 11.2 Å². The van der Waals surface area contributed by atoms with Gasteiger partial charge >= 0.3 is 0 Å². The van der Waals surface area contributed by atoms with Gasteiger partial charge in [0.1, 0.15) is 23.2 Å². The van der Waals surface area contributed by atoms with Gasteiger partial charge in [-0.15, -0.1) is 0 Å². The molecule has 0 aliphatic rings. The molecule has 38 heavy (non-hydrogen) atoms. The van der Waals surface area contributed by atoms with E-state index in [9.17, 15) is 4.79 Å². The molecule has 0 bridgehead atoms. The fraction of sp³-hybridized carbons (Fsp3) is 0.0333. The fourth-order valence-electron chi connectivity index (χ4n) is 4.47. The Bertz CT molecular complexity index is 1800. The third kappa shape index (κ3) is 4.08. The predicted molar refractivity (Wildman–Crippen MR) is 146 cm³/mol. The molecule has 2 N–H and O–H groups in total. The smallest absolute Gasteiger partial charge is 0.282 e. The standard InChI is InChI=1S/C30H22FN5O2/c1-38-21-16-14-19(15-17-21)25-28(33-24-13-7-8-18-32-24)34-29-26(22-11-5-6-12-23(22)31)27(35-36(29)30(25)37)20-9-3-2-4-10-20/h2-18,35H,1H3,(H,32,33). The zero-order valence-electron chi connectivity index (χ0n) is 20.4. The number of fused-ring (bicyclic) bond motifs is 1. The van der Waals surface area contributed by atoms with Crippen LogP contribution in [0.2, 0.25) is 0 Å². The summed E-state index contributed by atoms with van der Waals surface area (Å²) in [5.41, 5.74) is 3.09. The van der Waals surface area contributed by atoms with E-state index in [4.69, 9.17) is 9.72 Å². The van der Waals surface area contributed by atoms with Gasteiger partial charge in [-0.1, -0.05) is 66.7 Å². The van der Waals surface area contributed by atoms with Gasteiger partial charge in [0, 0.05) is 17.3 Å². The third-order valence-electron chi connectivity index (χ3n) is 6.28. The van der Waals surface area contributed by atoms with Crippen LogP contribution >= 0.6 is 0 Å². The van der Waals surface area contributed by atoms with Crippen LogP contribution in [0.25, 0.3) is 39.2 Å². The van der Waals surface area contributed by atoms with Crippen molar-refractivity contribution in [2.24, 2.45) is 0 Å². The summed E-state index contributed by atoms with van der Waals surface area (Å²) in [5.74, 6) is 1.06. The minimum atomic E-state index is -0.418. The Kier molecular flexibility index (Phi) is 5.89. The molecule has 186 valence electrons. The number of H-pyrrole nitrogens is 1. The van der Waals surface area contributed by atoms with Gasteiger partial charge in [-0.05, 0) is 35.9 Å². The summed E-state index contributed by atoms with van der Waals surface area (Å²) in [6.07, 6.45) is 1.65. The number of hydrogen-bond donors (Lipinski definition) is 2. The summed E-state index contributed by atoms with van der Waals surface area (Å²) < 4.78 is 21.8. The first-order valence-electron chi connectivity index (χ1n) is 12.0. The Morgan fingerprint density at radius 1 is 0.842 bits per heavy atom. The van der Waals surface area contributed by atoms with E-state index in [2.05, 4.69) is 15.4 Å². The monoisotopic (exact) mass is 503 g/mol. The minimum Gasteiger partial charge on any atom is -0.497 e. The number of methoxy groups -OCH3 is 1. The number of ether oxygens (including phenoxy) is 1. The van der Waals surface area contributed by atoms with E-state index in [0.29, 0.717) is 45.3 Å². The molecular weight excluding hydrogens is 481 g/mol. The second kappa shape index (κ2) is 9.67. The number of pyridine rings is 1. The van der Waals surface area contributed by atoms with Gasteiger partial charge in [0.15, 0.2) is 5.65 Å². The zero-order chi connectivity index (χ0) is 26.1. The normalized spacial score (nSPS) is 11.0. The van der Waals surface area contributed by atoms with Gasteiger partial charge in [0.05, 0.1) is 23.9 Å². The summed E-state index contributed by atoms with van der Waals surface area (Å²) in [7, 11) is 1.58. The molecule has 0 saturated carbocycles. The second-order valence-corrected chi connectivity index (χ2v) is 8.58. The second-order valence-electron chi connectivity index (χ2n) is 8.58. The third-order valence-corrected chi connectivity index (χ3v) is 6.28. The number of aromatic amines is 1. The molecule has 3 aromatic heterocycles. The molecule has 8 heteroatoms. The van der Waals surface area contributed by atoms with Crippen molar-refractivity contribution in [3.8, 4) is 39.3 Å². The van der Waals surface area contributed by atoms with E-state index in [1.807, 2.05) is 36.4 Å². The highest BCUT2D eigenvalue weighted by Gasteiger charge is 2.24. The van der Waals surface area contributed by atoms with Crippen LogP contribution in [0.1, 0.15) is 0 Å². The van der Waals surface area contributed by atoms with Crippen LogP contribution in [0.4, 0.5) is 16.0 Å². The van der Waals surface area contributed by atoms with Crippen molar-refractivity contribution in [1.82, 2.24) is 19.6 Å². The number of anilines is 2. The highest BCUT2D eigenvalue weighted by Crippen LogP contribution is 2.37. The van der Waals surface area contributed by atoms with E-state index in [1.54, 1.807) is 67.9 Å². The molecule has 3 aromatic carbocycles. The maximum absolute atomic E-state index is 15.2. The molecule has 0 amide bonds. The number of halogens is 1. The molecule has 0 saturated heterocycles. The van der Waals surface area contributed by atoms with Crippen LogP contribution in [-0.4, -0.2) is 26.7 Å². The largest absolute Gasteiger partial charge is 0.497 e. The number of aromatic nitrogens is 4. The quantitative estimate of drug-likeness (QED) is 0.278. The van der Waals surface area contributed by atoms with Crippen molar-refractivity contribution in [3.05, 3.63) is 119 Å². The summed E-state index contributed by atoms with van der Waals surface area (Å²) in [4.78, 5) is 23.4. The molecule has 0 fully saturated rings. The minimum absolute atomic E-state index is 0.287. The molecule has 0 unspecified atom stereocenters. The molecular formula is C30H22FN5O2. The zero-order valence-corrected chi connectivity index (χ0v) is 20.4. The molecule has 0 radical (unpaired) electrons. The lowest BCUT2D eigenvalue weighted by atomic mass is 10.0. The number of nitrogens with one attached hydrogen (secondary N) is 2. The van der Waals surface area contributed by atoms with Gasteiger partial charge in [-0.2, -0.15) is 4.52 Å². The Balaban J connectivity index is 1.69. The lowest BCUT2D eigenvalue weighted by Crippen LogP contribution is -2.19. The molecule has 0 spiro atoms. The molecule has 0 aliphatic heterocycles. The number of hydrogen-bond acceptors (Lipinski definition) is 5. The average Bonchev–Trinajstić information content (AvgIpc) is 3.34. The van der Waals surface area contributed by atoms with Gasteiger partial charge in [-0.3, -0.25) is 9.89 Å². The van der Waals surface area contributed by atoms with E-state index < -0.39 is 5.82 Å². The molecule has 6 aromatic rings. The van der Waals surface area contributed by atoms with E-state index in [0.717, 1.165) is 5.56 Å². The molecule has 0 aliphatic carbocycles. The van der Waals surface area contributed by atoms with Gasteiger partial charge in [0.25, 0.3) is 5.56 Å². The van der Waals surface area contributed by atoms with Crippen molar-refractivity contribution >= 4 is 17.3 Å². The number of nitrogens with zero attached hydrogens (tertiary/aromatic N) is 3. The first kappa shape index (κ1) is 23.2. The first-order chi connectivity index (χ1) is 18.6. The van der Waals surface area contributed by atoms with Crippen molar-refractivity contribution in [2.45, 2.75) is 0 Å². The van der Waals surface area contributed by atoms with Crippen LogP contribution in [-0.2, 0) is 0 Å². The molecule has 7 nitrogen and oxygen atoms in total. The Morgan fingerprint density at radius 3 is 2.29 bits per heavy atom. The van der Waals surface area contributed by atoms with Gasteiger partial charge in [-0.25, -0.2) is 14.4 Å². The molecule has 0 atom stereocenters. The highest BCUT2D eigenvalue weighted by atomic mass is 19.1. The van der Waals surface area contributed by atoms with E-state index in [1.165, 1.54) is 10.6 Å². The SMILES string of the molecule is COc1ccc(-c2c(Nc3ccccn3)nc3c(-c4ccccc4F)c(-c4ccccc4)[nH]n3c2=O)cc1. The number of rotatable bonds is 6. The van der Waals surface area contributed by atoms with Crippen LogP contribution in [0.15, 0.2) is 108 Å². The van der Waals surface area contributed by atoms with Crippen LogP contribution in [0.5, 0.6) is 5.75 Å². The number of benzene rings is 3. The predicted octanol–water partition coefficient (Wildman–Crippen LogP) is 6.31. The molecule has 6 rings (SSSR count). The van der Waals surface area contributed by atoms with Crippen molar-refractivity contribution in [3.63, 3.8) is 0 Å². The maximum Gasteiger partial charge on any atom is 0.282 e. The van der Waals surface area contributed by atoms with Crippen molar-refractivity contribution in [1.29, 1.82) is 0 Å². The topological polar surface area (TPSA) is 84.3 Å². The summed E-state index contributed by atoms with van der Waals surface area (Å²) >= 11 is 0. The Labute approximate surface area is 217 Å². The first-order valence-corrected chi connectivity index (χ1v) is 12.0. The lowest BCUT2D eigenvalue weighted by Gasteiger charge is -2.12. The van der Waals surface area contributed by atoms with Crippen LogP contribution in [0.3, 0.4) is 0 Å².